The molecular weight excluding hydrogens is 192 g/mol. The maximum Gasteiger partial charge on any atom is 0.185 e. The highest BCUT2D eigenvalue weighted by molar-refractivity contribution is 5.69. The van der Waals surface area contributed by atoms with Gasteiger partial charge in [-0.25, -0.2) is 4.98 Å². The smallest absolute Gasteiger partial charge is 0.185 e. The zero-order valence-electron chi connectivity index (χ0n) is 9.14. The van der Waals surface area contributed by atoms with Gasteiger partial charge in [-0.3, -0.25) is 4.79 Å². The predicted octanol–water partition coefficient (Wildman–Crippen LogP) is 1.65. The maximum atomic E-state index is 10.7. The standard InChI is InChI=1S/C11H16N2O2/c1-11(2)4-3-9(15-11)7-13-6-5-12-10(13)8-14/h5-6,8-9H,3-4,7H2,1-2H3. The summed E-state index contributed by atoms with van der Waals surface area (Å²) in [6, 6.07) is 0. The van der Waals surface area contributed by atoms with Gasteiger partial charge in [0.15, 0.2) is 12.1 Å². The van der Waals surface area contributed by atoms with Crippen molar-refractivity contribution >= 4 is 6.29 Å². The van der Waals surface area contributed by atoms with Crippen LogP contribution in [0.5, 0.6) is 0 Å². The Balaban J connectivity index is 2.01. The van der Waals surface area contributed by atoms with Gasteiger partial charge in [-0.15, -0.1) is 0 Å². The summed E-state index contributed by atoms with van der Waals surface area (Å²) in [6.45, 7) is 4.92. The molecule has 4 heteroatoms. The van der Waals surface area contributed by atoms with E-state index in [9.17, 15) is 4.79 Å². The van der Waals surface area contributed by atoms with Crippen molar-refractivity contribution < 1.29 is 9.53 Å². The summed E-state index contributed by atoms with van der Waals surface area (Å²) in [5.74, 6) is 0.475. The molecule has 0 spiro atoms. The number of aldehydes is 1. The lowest BCUT2D eigenvalue weighted by Crippen LogP contribution is -2.23. The fourth-order valence-corrected chi connectivity index (χ4v) is 2.02. The molecule has 82 valence electrons. The van der Waals surface area contributed by atoms with E-state index in [1.54, 1.807) is 6.20 Å². The molecule has 0 aliphatic carbocycles. The lowest BCUT2D eigenvalue weighted by atomic mass is 10.1. The predicted molar refractivity (Wildman–Crippen MR) is 55.8 cm³/mol. The SMILES string of the molecule is CC1(C)CCC(Cn2ccnc2C=O)O1. The molecule has 1 fully saturated rings. The third-order valence-corrected chi connectivity index (χ3v) is 2.81. The van der Waals surface area contributed by atoms with Gasteiger partial charge in [0.2, 0.25) is 0 Å². The number of imidazole rings is 1. The Morgan fingerprint density at radius 3 is 3.13 bits per heavy atom. The van der Waals surface area contributed by atoms with E-state index < -0.39 is 0 Å². The minimum atomic E-state index is -0.0212. The van der Waals surface area contributed by atoms with E-state index in [0.29, 0.717) is 5.82 Å². The van der Waals surface area contributed by atoms with Gasteiger partial charge in [0.1, 0.15) is 0 Å². The Morgan fingerprint density at radius 1 is 1.73 bits per heavy atom. The Hall–Kier alpha value is -1.16. The molecule has 2 heterocycles. The molecule has 2 rings (SSSR count). The largest absolute Gasteiger partial charge is 0.370 e. The van der Waals surface area contributed by atoms with E-state index in [1.165, 1.54) is 0 Å². The lowest BCUT2D eigenvalue weighted by Gasteiger charge is -2.19. The van der Waals surface area contributed by atoms with Crippen LogP contribution in [0.2, 0.25) is 0 Å². The summed E-state index contributed by atoms with van der Waals surface area (Å²) in [4.78, 5) is 14.6. The van der Waals surface area contributed by atoms with Gasteiger partial charge in [-0.2, -0.15) is 0 Å². The van der Waals surface area contributed by atoms with Gasteiger partial charge < -0.3 is 9.30 Å². The zero-order chi connectivity index (χ0) is 10.9. The van der Waals surface area contributed by atoms with Crippen molar-refractivity contribution in [3.8, 4) is 0 Å². The molecule has 1 aromatic rings. The molecule has 1 saturated heterocycles. The van der Waals surface area contributed by atoms with Crippen molar-refractivity contribution in [1.82, 2.24) is 9.55 Å². The number of nitrogens with zero attached hydrogens (tertiary/aromatic N) is 2. The number of carbonyl (C=O) groups is 1. The number of rotatable bonds is 3. The van der Waals surface area contributed by atoms with E-state index >= 15 is 0 Å². The first-order valence-electron chi connectivity index (χ1n) is 5.25. The second kappa shape index (κ2) is 3.77. The van der Waals surface area contributed by atoms with Crippen molar-refractivity contribution in [2.45, 2.75) is 44.9 Å². The molecule has 15 heavy (non-hydrogen) atoms. The number of carbonyl (C=O) groups excluding carboxylic acids is 1. The highest BCUT2D eigenvalue weighted by Gasteiger charge is 2.31. The fourth-order valence-electron chi connectivity index (χ4n) is 2.02. The average Bonchev–Trinajstić information content (AvgIpc) is 2.73. The molecule has 0 saturated carbocycles. The molecule has 1 aliphatic heterocycles. The molecule has 0 bridgehead atoms. The van der Waals surface area contributed by atoms with Crippen LogP contribution < -0.4 is 0 Å². The summed E-state index contributed by atoms with van der Waals surface area (Å²) in [5.41, 5.74) is -0.0212. The van der Waals surface area contributed by atoms with Crippen LogP contribution in [0, 0.1) is 0 Å². The summed E-state index contributed by atoms with van der Waals surface area (Å²) in [5, 5.41) is 0. The molecule has 1 aromatic heterocycles. The van der Waals surface area contributed by atoms with E-state index in [1.807, 2.05) is 10.8 Å². The number of hydrogen-bond acceptors (Lipinski definition) is 3. The number of ether oxygens (including phenoxy) is 1. The Bertz CT molecular complexity index is 357. The Morgan fingerprint density at radius 2 is 2.53 bits per heavy atom. The van der Waals surface area contributed by atoms with Crippen LogP contribution in [-0.2, 0) is 11.3 Å². The molecule has 1 unspecified atom stereocenters. The van der Waals surface area contributed by atoms with E-state index in [2.05, 4.69) is 18.8 Å². The molecule has 0 amide bonds. The van der Waals surface area contributed by atoms with Crippen LogP contribution in [0.1, 0.15) is 37.3 Å². The van der Waals surface area contributed by atoms with Gasteiger partial charge in [0.25, 0.3) is 0 Å². The van der Waals surface area contributed by atoms with Crippen LogP contribution in [0.4, 0.5) is 0 Å². The molecule has 1 aliphatic rings. The number of hydrogen-bond donors (Lipinski definition) is 0. The van der Waals surface area contributed by atoms with E-state index in [4.69, 9.17) is 4.74 Å². The first-order valence-corrected chi connectivity index (χ1v) is 5.25. The first kappa shape index (κ1) is 10.4. The van der Waals surface area contributed by atoms with E-state index in [0.717, 1.165) is 25.7 Å². The van der Waals surface area contributed by atoms with Crippen LogP contribution >= 0.6 is 0 Å². The minimum absolute atomic E-state index is 0.0212. The quantitative estimate of drug-likeness (QED) is 0.709. The fraction of sp³-hybridized carbons (Fsp3) is 0.636. The van der Waals surface area contributed by atoms with Crippen molar-refractivity contribution in [3.63, 3.8) is 0 Å². The summed E-state index contributed by atoms with van der Waals surface area (Å²) in [6.07, 6.45) is 6.56. The zero-order valence-corrected chi connectivity index (χ0v) is 9.14. The Kier molecular flexibility index (Phi) is 2.61. The average molecular weight is 208 g/mol. The molecule has 4 nitrogen and oxygen atoms in total. The monoisotopic (exact) mass is 208 g/mol. The summed E-state index contributed by atoms with van der Waals surface area (Å²) < 4.78 is 7.70. The normalized spacial score (nSPS) is 24.3. The lowest BCUT2D eigenvalue weighted by molar-refractivity contribution is -0.0218. The van der Waals surface area contributed by atoms with Gasteiger partial charge in [0.05, 0.1) is 18.2 Å². The number of aromatic nitrogens is 2. The molecule has 1 atom stereocenters. The van der Waals surface area contributed by atoms with Crippen molar-refractivity contribution in [2.24, 2.45) is 0 Å². The molecule has 0 N–H and O–H groups in total. The first-order chi connectivity index (χ1) is 7.11. The molecule has 0 radical (unpaired) electrons. The summed E-state index contributed by atoms with van der Waals surface area (Å²) in [7, 11) is 0. The van der Waals surface area contributed by atoms with Crippen LogP contribution in [0.25, 0.3) is 0 Å². The van der Waals surface area contributed by atoms with Gasteiger partial charge in [-0.05, 0) is 26.7 Å². The highest BCUT2D eigenvalue weighted by atomic mass is 16.5. The van der Waals surface area contributed by atoms with Gasteiger partial charge >= 0.3 is 0 Å². The molecule has 0 aromatic carbocycles. The Labute approximate surface area is 89.3 Å². The van der Waals surface area contributed by atoms with E-state index in [-0.39, 0.29) is 11.7 Å². The third-order valence-electron chi connectivity index (χ3n) is 2.81. The molecular formula is C11H16N2O2. The van der Waals surface area contributed by atoms with Crippen LogP contribution in [0.15, 0.2) is 12.4 Å². The van der Waals surface area contributed by atoms with Crippen LogP contribution in [-0.4, -0.2) is 27.5 Å². The second-order valence-corrected chi connectivity index (χ2v) is 4.59. The second-order valence-electron chi connectivity index (χ2n) is 4.59. The van der Waals surface area contributed by atoms with Crippen molar-refractivity contribution in [1.29, 1.82) is 0 Å². The van der Waals surface area contributed by atoms with Crippen molar-refractivity contribution in [3.05, 3.63) is 18.2 Å². The van der Waals surface area contributed by atoms with Crippen molar-refractivity contribution in [2.75, 3.05) is 0 Å². The van der Waals surface area contributed by atoms with Gasteiger partial charge in [0, 0.05) is 12.4 Å². The summed E-state index contributed by atoms with van der Waals surface area (Å²) >= 11 is 0. The minimum Gasteiger partial charge on any atom is -0.370 e. The highest BCUT2D eigenvalue weighted by Crippen LogP contribution is 2.30. The third kappa shape index (κ3) is 2.26. The topological polar surface area (TPSA) is 44.1 Å². The maximum absolute atomic E-state index is 10.7. The van der Waals surface area contributed by atoms with Crippen LogP contribution in [0.3, 0.4) is 0 Å². The van der Waals surface area contributed by atoms with Gasteiger partial charge in [-0.1, -0.05) is 0 Å².